The third-order valence-electron chi connectivity index (χ3n) is 2.57. The third kappa shape index (κ3) is 2.14. The number of amides is 1. The first-order valence-electron chi connectivity index (χ1n) is 5.27. The molecule has 1 aliphatic rings. The molecule has 0 aromatic heterocycles. The number of rotatable bonds is 3. The van der Waals surface area contributed by atoms with Crippen LogP contribution in [-0.4, -0.2) is 28.7 Å². The number of carbonyl (C=O) groups excluding carboxylic acids is 2. The molecule has 14 heavy (non-hydrogen) atoms. The van der Waals surface area contributed by atoms with Crippen LogP contribution in [0.25, 0.3) is 0 Å². The second-order valence-corrected chi connectivity index (χ2v) is 4.68. The Hall–Kier alpha value is -0.860. The highest BCUT2D eigenvalue weighted by atomic mass is 16.2. The number of ketones is 1. The summed E-state index contributed by atoms with van der Waals surface area (Å²) in [5.74, 6) is 0.546. The van der Waals surface area contributed by atoms with E-state index in [1.807, 2.05) is 13.8 Å². The summed E-state index contributed by atoms with van der Waals surface area (Å²) in [4.78, 5) is 24.8. The molecule has 0 saturated carbocycles. The fourth-order valence-electron chi connectivity index (χ4n) is 2.03. The van der Waals surface area contributed by atoms with Gasteiger partial charge in [-0.2, -0.15) is 0 Å². The Bertz CT molecular complexity index is 246. The number of Topliss-reactive ketones (excluding diaryl/α,β-unsaturated/α-hetero) is 1. The lowest BCUT2D eigenvalue weighted by Crippen LogP contribution is -2.41. The molecule has 0 bridgehead atoms. The molecule has 1 rings (SSSR count). The van der Waals surface area contributed by atoms with Gasteiger partial charge in [0.2, 0.25) is 5.91 Å². The van der Waals surface area contributed by atoms with E-state index in [1.54, 1.807) is 4.90 Å². The van der Waals surface area contributed by atoms with Gasteiger partial charge in [0.15, 0.2) is 5.78 Å². The SMILES string of the molecule is CC(C)C[C@H]1C(=O)CC(=O)N1C(C)C. The molecule has 3 heteroatoms. The highest BCUT2D eigenvalue weighted by Gasteiger charge is 2.39. The summed E-state index contributed by atoms with van der Waals surface area (Å²) in [6.45, 7) is 8.08. The van der Waals surface area contributed by atoms with E-state index in [-0.39, 0.29) is 30.2 Å². The molecule has 1 amide bonds. The molecule has 0 aromatic rings. The van der Waals surface area contributed by atoms with Gasteiger partial charge in [0, 0.05) is 6.04 Å². The summed E-state index contributed by atoms with van der Waals surface area (Å²) in [5, 5.41) is 0. The Balaban J connectivity index is 2.78. The zero-order valence-electron chi connectivity index (χ0n) is 9.41. The Labute approximate surface area is 85.5 Å². The molecule has 1 saturated heterocycles. The average Bonchev–Trinajstić information content (AvgIpc) is 2.25. The van der Waals surface area contributed by atoms with Gasteiger partial charge in [-0.1, -0.05) is 13.8 Å². The van der Waals surface area contributed by atoms with Crippen molar-refractivity contribution in [3.63, 3.8) is 0 Å². The maximum absolute atomic E-state index is 11.6. The minimum Gasteiger partial charge on any atom is -0.330 e. The summed E-state index contributed by atoms with van der Waals surface area (Å²) >= 11 is 0. The molecule has 3 nitrogen and oxygen atoms in total. The van der Waals surface area contributed by atoms with Gasteiger partial charge in [0.1, 0.15) is 0 Å². The zero-order valence-corrected chi connectivity index (χ0v) is 9.41. The number of hydrogen-bond acceptors (Lipinski definition) is 2. The van der Waals surface area contributed by atoms with Gasteiger partial charge >= 0.3 is 0 Å². The zero-order chi connectivity index (χ0) is 10.9. The van der Waals surface area contributed by atoms with E-state index in [1.165, 1.54) is 0 Å². The minimum atomic E-state index is -0.164. The van der Waals surface area contributed by atoms with E-state index in [2.05, 4.69) is 13.8 Å². The number of hydrogen-bond donors (Lipinski definition) is 0. The van der Waals surface area contributed by atoms with Crippen LogP contribution in [0.5, 0.6) is 0 Å². The van der Waals surface area contributed by atoms with Crippen molar-refractivity contribution in [2.75, 3.05) is 0 Å². The Morgan fingerprint density at radius 1 is 1.29 bits per heavy atom. The van der Waals surface area contributed by atoms with E-state index in [0.717, 1.165) is 6.42 Å². The first-order chi connectivity index (χ1) is 6.43. The average molecular weight is 197 g/mol. The van der Waals surface area contributed by atoms with Gasteiger partial charge in [-0.15, -0.1) is 0 Å². The number of likely N-dealkylation sites (tertiary alicyclic amines) is 1. The normalized spacial score (nSPS) is 23.0. The fourth-order valence-corrected chi connectivity index (χ4v) is 2.03. The fraction of sp³-hybridized carbons (Fsp3) is 0.818. The number of nitrogens with zero attached hydrogens (tertiary/aromatic N) is 1. The molecule has 0 radical (unpaired) electrons. The smallest absolute Gasteiger partial charge is 0.230 e. The van der Waals surface area contributed by atoms with Gasteiger partial charge in [-0.05, 0) is 26.2 Å². The first kappa shape index (κ1) is 11.2. The molecule has 0 unspecified atom stereocenters. The van der Waals surface area contributed by atoms with E-state index in [4.69, 9.17) is 0 Å². The summed E-state index contributed by atoms with van der Waals surface area (Å²) in [6, 6.07) is -0.0276. The highest BCUT2D eigenvalue weighted by Crippen LogP contribution is 2.23. The Kier molecular flexibility index (Phi) is 3.29. The molecule has 1 fully saturated rings. The summed E-state index contributed by atoms with van der Waals surface area (Å²) < 4.78 is 0. The maximum atomic E-state index is 11.6. The van der Waals surface area contributed by atoms with Crippen LogP contribution in [0, 0.1) is 5.92 Å². The van der Waals surface area contributed by atoms with Crippen LogP contribution in [-0.2, 0) is 9.59 Å². The first-order valence-corrected chi connectivity index (χ1v) is 5.27. The largest absolute Gasteiger partial charge is 0.330 e. The van der Waals surface area contributed by atoms with Crippen molar-refractivity contribution in [1.82, 2.24) is 4.90 Å². The lowest BCUT2D eigenvalue weighted by molar-refractivity contribution is -0.130. The summed E-state index contributed by atoms with van der Waals surface area (Å²) in [6.07, 6.45) is 0.901. The molecule has 0 aliphatic carbocycles. The van der Waals surface area contributed by atoms with Crippen molar-refractivity contribution in [1.29, 1.82) is 0 Å². The van der Waals surface area contributed by atoms with Gasteiger partial charge in [0.05, 0.1) is 12.5 Å². The predicted molar refractivity (Wildman–Crippen MR) is 54.8 cm³/mol. The van der Waals surface area contributed by atoms with Crippen molar-refractivity contribution < 1.29 is 9.59 Å². The van der Waals surface area contributed by atoms with Crippen molar-refractivity contribution in [2.24, 2.45) is 5.92 Å². The van der Waals surface area contributed by atoms with Crippen molar-refractivity contribution in [3.8, 4) is 0 Å². The second-order valence-electron chi connectivity index (χ2n) is 4.68. The van der Waals surface area contributed by atoms with Gasteiger partial charge < -0.3 is 4.90 Å². The van der Waals surface area contributed by atoms with E-state index in [9.17, 15) is 9.59 Å². The molecule has 80 valence electrons. The van der Waals surface area contributed by atoms with Crippen LogP contribution in [0.3, 0.4) is 0 Å². The van der Waals surface area contributed by atoms with Crippen LogP contribution < -0.4 is 0 Å². The predicted octanol–water partition coefficient (Wildman–Crippen LogP) is 1.61. The summed E-state index contributed by atoms with van der Waals surface area (Å²) in [5.41, 5.74) is 0. The van der Waals surface area contributed by atoms with Gasteiger partial charge in [-0.25, -0.2) is 0 Å². The van der Waals surface area contributed by atoms with Gasteiger partial charge in [0.25, 0.3) is 0 Å². The van der Waals surface area contributed by atoms with Crippen LogP contribution in [0.1, 0.15) is 40.5 Å². The molecule has 0 aromatic carbocycles. The van der Waals surface area contributed by atoms with Crippen LogP contribution >= 0.6 is 0 Å². The van der Waals surface area contributed by atoms with Crippen LogP contribution in [0.15, 0.2) is 0 Å². The molecular weight excluding hydrogens is 178 g/mol. The standard InChI is InChI=1S/C11H19NO2/c1-7(2)5-9-10(13)6-11(14)12(9)8(3)4/h7-9H,5-6H2,1-4H3/t9-/m0/s1. The molecule has 1 atom stereocenters. The van der Waals surface area contributed by atoms with E-state index < -0.39 is 0 Å². The molecule has 1 heterocycles. The van der Waals surface area contributed by atoms with Crippen molar-refractivity contribution in [3.05, 3.63) is 0 Å². The van der Waals surface area contributed by atoms with E-state index in [0.29, 0.717) is 5.92 Å². The van der Waals surface area contributed by atoms with Crippen molar-refractivity contribution in [2.45, 2.75) is 52.6 Å². The lowest BCUT2D eigenvalue weighted by Gasteiger charge is -2.28. The minimum absolute atomic E-state index is 0.00403. The van der Waals surface area contributed by atoms with Crippen LogP contribution in [0.2, 0.25) is 0 Å². The molecule has 0 spiro atoms. The van der Waals surface area contributed by atoms with Crippen LogP contribution in [0.4, 0.5) is 0 Å². The quantitative estimate of drug-likeness (QED) is 0.645. The Morgan fingerprint density at radius 3 is 2.29 bits per heavy atom. The Morgan fingerprint density at radius 2 is 1.86 bits per heavy atom. The van der Waals surface area contributed by atoms with Gasteiger partial charge in [-0.3, -0.25) is 9.59 Å². The monoisotopic (exact) mass is 197 g/mol. The maximum Gasteiger partial charge on any atom is 0.230 e. The molecular formula is C11H19NO2. The second kappa shape index (κ2) is 4.11. The van der Waals surface area contributed by atoms with Crippen molar-refractivity contribution >= 4 is 11.7 Å². The number of carbonyl (C=O) groups is 2. The highest BCUT2D eigenvalue weighted by molar-refractivity contribution is 6.07. The van der Waals surface area contributed by atoms with E-state index >= 15 is 0 Å². The summed E-state index contributed by atoms with van der Waals surface area (Å²) in [7, 11) is 0. The topological polar surface area (TPSA) is 37.4 Å². The lowest BCUT2D eigenvalue weighted by atomic mass is 10.0. The molecule has 1 aliphatic heterocycles. The molecule has 0 N–H and O–H groups in total. The third-order valence-corrected chi connectivity index (χ3v) is 2.57.